The van der Waals surface area contributed by atoms with Crippen molar-refractivity contribution in [3.8, 4) is 5.75 Å². The van der Waals surface area contributed by atoms with Gasteiger partial charge in [0.05, 0.1) is 13.2 Å². The summed E-state index contributed by atoms with van der Waals surface area (Å²) >= 11 is 0. The predicted octanol–water partition coefficient (Wildman–Crippen LogP) is 2.91. The van der Waals surface area contributed by atoms with Gasteiger partial charge in [0.2, 0.25) is 0 Å². The molecular weight excluding hydrogens is 353 g/mol. The molecule has 1 rings (SSSR count). The summed E-state index contributed by atoms with van der Waals surface area (Å²) < 4.78 is 5.44. The number of benzene rings is 1. The van der Waals surface area contributed by atoms with E-state index in [1.54, 1.807) is 0 Å². The van der Waals surface area contributed by atoms with Gasteiger partial charge in [0.15, 0.2) is 5.96 Å². The molecule has 0 radical (unpaired) electrons. The molecular formula is C14H24IN3O. The maximum absolute atomic E-state index is 5.77. The number of aliphatic imine (C=N–C) groups is 1. The summed E-state index contributed by atoms with van der Waals surface area (Å²) in [6, 6.07) is 7.92. The lowest BCUT2D eigenvalue weighted by Crippen LogP contribution is -2.32. The number of hydrogen-bond acceptors (Lipinski definition) is 2. The maximum atomic E-state index is 5.77. The summed E-state index contributed by atoms with van der Waals surface area (Å²) in [5.41, 5.74) is 6.87. The molecule has 5 heteroatoms. The summed E-state index contributed by atoms with van der Waals surface area (Å²) in [7, 11) is 0. The fraction of sp³-hybridized carbons (Fsp3) is 0.500. The van der Waals surface area contributed by atoms with Gasteiger partial charge in [0.1, 0.15) is 5.75 Å². The van der Waals surface area contributed by atoms with Gasteiger partial charge >= 0.3 is 0 Å². The minimum absolute atomic E-state index is 0. The highest BCUT2D eigenvalue weighted by Gasteiger charge is 1.96. The van der Waals surface area contributed by atoms with Crippen LogP contribution < -0.4 is 15.8 Å². The summed E-state index contributed by atoms with van der Waals surface area (Å²) in [5, 5.41) is 3.09. The van der Waals surface area contributed by atoms with Crippen LogP contribution in [0.25, 0.3) is 0 Å². The summed E-state index contributed by atoms with van der Waals surface area (Å²) in [4.78, 5) is 4.30. The first-order chi connectivity index (χ1) is 8.76. The lowest BCUT2D eigenvalue weighted by atomic mass is 10.2. The van der Waals surface area contributed by atoms with Crippen molar-refractivity contribution in [3.05, 3.63) is 29.8 Å². The van der Waals surface area contributed by atoms with Crippen molar-refractivity contribution in [1.29, 1.82) is 0 Å². The van der Waals surface area contributed by atoms with Crippen LogP contribution in [0.5, 0.6) is 5.75 Å². The van der Waals surface area contributed by atoms with Crippen LogP contribution in [-0.4, -0.2) is 19.1 Å². The van der Waals surface area contributed by atoms with E-state index in [-0.39, 0.29) is 24.0 Å². The third-order valence-corrected chi connectivity index (χ3v) is 2.48. The molecule has 1 aromatic rings. The van der Waals surface area contributed by atoms with Gasteiger partial charge in [-0.2, -0.15) is 0 Å². The van der Waals surface area contributed by atoms with Crippen molar-refractivity contribution in [3.63, 3.8) is 0 Å². The van der Waals surface area contributed by atoms with E-state index < -0.39 is 0 Å². The third-order valence-electron chi connectivity index (χ3n) is 2.48. The van der Waals surface area contributed by atoms with Crippen LogP contribution in [-0.2, 0) is 6.54 Å². The number of hydrogen-bond donors (Lipinski definition) is 2. The Morgan fingerprint density at radius 3 is 2.84 bits per heavy atom. The first-order valence-corrected chi connectivity index (χ1v) is 6.51. The molecule has 0 atom stereocenters. The highest BCUT2D eigenvalue weighted by atomic mass is 127. The zero-order valence-electron chi connectivity index (χ0n) is 11.7. The van der Waals surface area contributed by atoms with Crippen LogP contribution in [0.1, 0.15) is 32.3 Å². The summed E-state index contributed by atoms with van der Waals surface area (Å²) in [6.07, 6.45) is 2.26. The molecule has 0 aromatic heterocycles. The van der Waals surface area contributed by atoms with E-state index in [0.717, 1.165) is 30.7 Å². The predicted molar refractivity (Wildman–Crippen MR) is 91.3 cm³/mol. The fourth-order valence-corrected chi connectivity index (χ4v) is 1.53. The zero-order valence-corrected chi connectivity index (χ0v) is 14.0. The van der Waals surface area contributed by atoms with Crippen LogP contribution in [0, 0.1) is 0 Å². The number of rotatable bonds is 7. The second-order valence-electron chi connectivity index (χ2n) is 4.06. The van der Waals surface area contributed by atoms with Crippen LogP contribution in [0.2, 0.25) is 0 Å². The number of unbranched alkanes of at least 4 members (excludes halogenated alkanes) is 1. The van der Waals surface area contributed by atoms with Gasteiger partial charge in [0.25, 0.3) is 0 Å². The molecule has 108 valence electrons. The van der Waals surface area contributed by atoms with Crippen LogP contribution in [0.4, 0.5) is 0 Å². The molecule has 0 aliphatic carbocycles. The van der Waals surface area contributed by atoms with Crippen LogP contribution >= 0.6 is 24.0 Å². The Labute approximate surface area is 132 Å². The Bertz CT molecular complexity index is 383. The second-order valence-corrected chi connectivity index (χ2v) is 4.06. The van der Waals surface area contributed by atoms with Crippen molar-refractivity contribution in [2.24, 2.45) is 10.7 Å². The van der Waals surface area contributed by atoms with Gasteiger partial charge in [0, 0.05) is 6.54 Å². The minimum atomic E-state index is 0. The van der Waals surface area contributed by atoms with Crippen molar-refractivity contribution in [2.45, 2.75) is 33.2 Å². The average Bonchev–Trinajstić information content (AvgIpc) is 2.38. The Kier molecular flexibility index (Phi) is 10.3. The van der Waals surface area contributed by atoms with Gasteiger partial charge in [-0.25, -0.2) is 4.99 Å². The lowest BCUT2D eigenvalue weighted by molar-refractivity contribution is 0.340. The largest absolute Gasteiger partial charge is 0.494 e. The topological polar surface area (TPSA) is 59.6 Å². The third kappa shape index (κ3) is 7.92. The first kappa shape index (κ1) is 18.0. The number of nitrogens with zero attached hydrogens (tertiary/aromatic N) is 1. The highest BCUT2D eigenvalue weighted by molar-refractivity contribution is 14.0. The summed E-state index contributed by atoms with van der Waals surface area (Å²) in [5.74, 6) is 1.38. The minimum Gasteiger partial charge on any atom is -0.494 e. The summed E-state index contributed by atoms with van der Waals surface area (Å²) in [6.45, 7) is 6.25. The number of ether oxygens (including phenoxy) is 1. The Morgan fingerprint density at radius 1 is 1.37 bits per heavy atom. The number of nitrogens with one attached hydrogen (secondary N) is 1. The van der Waals surface area contributed by atoms with Crippen molar-refractivity contribution >= 4 is 29.9 Å². The lowest BCUT2D eigenvalue weighted by Gasteiger charge is -2.06. The highest BCUT2D eigenvalue weighted by Crippen LogP contribution is 2.13. The maximum Gasteiger partial charge on any atom is 0.188 e. The van der Waals surface area contributed by atoms with E-state index in [2.05, 4.69) is 17.2 Å². The quantitative estimate of drug-likeness (QED) is 0.333. The molecule has 0 bridgehead atoms. The molecule has 3 N–H and O–H groups in total. The molecule has 0 heterocycles. The van der Waals surface area contributed by atoms with E-state index in [9.17, 15) is 0 Å². The molecule has 0 spiro atoms. The van der Waals surface area contributed by atoms with Crippen LogP contribution in [0.3, 0.4) is 0 Å². The molecule has 0 fully saturated rings. The van der Waals surface area contributed by atoms with Crippen LogP contribution in [0.15, 0.2) is 29.3 Å². The standard InChI is InChI=1S/C14H23N3O.HI/c1-3-5-9-16-14(15)17-11-12-7-6-8-13(10-12)18-4-2;/h6-8,10H,3-5,9,11H2,1-2H3,(H3,15,16,17);1H. The Balaban J connectivity index is 0.00000324. The van der Waals surface area contributed by atoms with E-state index in [4.69, 9.17) is 10.5 Å². The van der Waals surface area contributed by atoms with Gasteiger partial charge in [-0.05, 0) is 31.0 Å². The molecule has 4 nitrogen and oxygen atoms in total. The molecule has 0 saturated heterocycles. The fourth-order valence-electron chi connectivity index (χ4n) is 1.53. The SMILES string of the molecule is CCCCNC(N)=NCc1cccc(OCC)c1.I. The number of halogens is 1. The molecule has 19 heavy (non-hydrogen) atoms. The average molecular weight is 377 g/mol. The van der Waals surface area contributed by atoms with E-state index in [1.807, 2.05) is 31.2 Å². The smallest absolute Gasteiger partial charge is 0.188 e. The van der Waals surface area contributed by atoms with Gasteiger partial charge in [-0.15, -0.1) is 24.0 Å². The second kappa shape index (κ2) is 10.9. The Hall–Kier alpha value is -0.980. The van der Waals surface area contributed by atoms with Gasteiger partial charge < -0.3 is 15.8 Å². The zero-order chi connectivity index (χ0) is 13.2. The van der Waals surface area contributed by atoms with E-state index in [0.29, 0.717) is 19.1 Å². The van der Waals surface area contributed by atoms with Crippen molar-refractivity contribution in [2.75, 3.05) is 13.2 Å². The molecule has 0 amide bonds. The molecule has 1 aromatic carbocycles. The normalized spacial score (nSPS) is 10.7. The number of guanidine groups is 1. The molecule has 0 unspecified atom stereocenters. The van der Waals surface area contributed by atoms with Crippen molar-refractivity contribution in [1.82, 2.24) is 5.32 Å². The monoisotopic (exact) mass is 377 g/mol. The molecule has 0 aliphatic heterocycles. The Morgan fingerprint density at radius 2 is 2.16 bits per heavy atom. The van der Waals surface area contributed by atoms with Crippen molar-refractivity contribution < 1.29 is 4.74 Å². The molecule has 0 saturated carbocycles. The van der Waals surface area contributed by atoms with Gasteiger partial charge in [-0.3, -0.25) is 0 Å². The van der Waals surface area contributed by atoms with E-state index >= 15 is 0 Å². The van der Waals surface area contributed by atoms with Gasteiger partial charge in [-0.1, -0.05) is 25.5 Å². The first-order valence-electron chi connectivity index (χ1n) is 6.51. The van der Waals surface area contributed by atoms with E-state index in [1.165, 1.54) is 0 Å². The molecule has 0 aliphatic rings. The number of nitrogens with two attached hydrogens (primary N) is 1.